The molecule has 1 N–H and O–H groups in total. The van der Waals surface area contributed by atoms with Crippen LogP contribution in [0, 0.1) is 5.92 Å². The number of ether oxygens (including phenoxy) is 2. The van der Waals surface area contributed by atoms with Crippen LogP contribution < -0.4 is 4.74 Å². The van der Waals surface area contributed by atoms with Gasteiger partial charge in [-0.05, 0) is 32.9 Å². The minimum Gasteiger partial charge on any atom is -0.508 e. The Morgan fingerprint density at radius 3 is 2.67 bits per heavy atom. The Balaban J connectivity index is 1.75. The second kappa shape index (κ2) is 6.02. The van der Waals surface area contributed by atoms with E-state index in [1.165, 1.54) is 12.1 Å². The van der Waals surface area contributed by atoms with Gasteiger partial charge in [-0.3, -0.25) is 0 Å². The van der Waals surface area contributed by atoms with Crippen molar-refractivity contribution >= 4 is 17.7 Å². The zero-order chi connectivity index (χ0) is 15.6. The van der Waals surface area contributed by atoms with Crippen LogP contribution in [-0.4, -0.2) is 41.4 Å². The van der Waals surface area contributed by atoms with Crippen LogP contribution in [0.25, 0.3) is 0 Å². The molecule has 1 aliphatic heterocycles. The van der Waals surface area contributed by atoms with E-state index in [1.54, 1.807) is 11.0 Å². The van der Waals surface area contributed by atoms with Crippen LogP contribution in [0.3, 0.4) is 0 Å². The molecule has 1 heterocycles. The highest BCUT2D eigenvalue weighted by Crippen LogP contribution is 2.29. The lowest BCUT2D eigenvalue weighted by molar-refractivity contribution is -0.00781. The summed E-state index contributed by atoms with van der Waals surface area (Å²) in [6.45, 7) is 7.24. The SMILES string of the molecule is CC(C)(C)OC(=O)N1CC(COc2ccc(O)cc2Cl)C1. The number of carbonyl (C=O) groups excluding carboxylic acids is 1. The van der Waals surface area contributed by atoms with Crippen molar-refractivity contribution in [2.24, 2.45) is 5.92 Å². The molecule has 0 unspecified atom stereocenters. The zero-order valence-corrected chi connectivity index (χ0v) is 13.2. The highest BCUT2D eigenvalue weighted by molar-refractivity contribution is 6.32. The summed E-state index contributed by atoms with van der Waals surface area (Å²) in [4.78, 5) is 13.4. The number of rotatable bonds is 3. The summed E-state index contributed by atoms with van der Waals surface area (Å²) >= 11 is 5.96. The van der Waals surface area contributed by atoms with E-state index in [0.717, 1.165) is 0 Å². The van der Waals surface area contributed by atoms with E-state index in [-0.39, 0.29) is 17.8 Å². The lowest BCUT2D eigenvalue weighted by Crippen LogP contribution is -2.53. The fourth-order valence-electron chi connectivity index (χ4n) is 1.97. The molecule has 0 aromatic heterocycles. The molecule has 0 saturated carbocycles. The molecule has 21 heavy (non-hydrogen) atoms. The third-order valence-corrected chi connectivity index (χ3v) is 3.29. The van der Waals surface area contributed by atoms with Crippen LogP contribution in [-0.2, 0) is 4.74 Å². The minimum atomic E-state index is -0.474. The monoisotopic (exact) mass is 313 g/mol. The van der Waals surface area contributed by atoms with Crippen LogP contribution in [0.15, 0.2) is 18.2 Å². The zero-order valence-electron chi connectivity index (χ0n) is 12.4. The predicted molar refractivity (Wildman–Crippen MR) is 79.9 cm³/mol. The summed E-state index contributed by atoms with van der Waals surface area (Å²) in [5, 5.41) is 9.64. The van der Waals surface area contributed by atoms with Crippen LogP contribution in [0.1, 0.15) is 20.8 Å². The van der Waals surface area contributed by atoms with Crippen molar-refractivity contribution in [3.63, 3.8) is 0 Å². The third kappa shape index (κ3) is 4.43. The van der Waals surface area contributed by atoms with Gasteiger partial charge in [0.25, 0.3) is 0 Å². The molecule has 5 nitrogen and oxygen atoms in total. The van der Waals surface area contributed by atoms with Gasteiger partial charge in [0, 0.05) is 25.1 Å². The highest BCUT2D eigenvalue weighted by atomic mass is 35.5. The van der Waals surface area contributed by atoms with Crippen LogP contribution in [0.4, 0.5) is 4.79 Å². The van der Waals surface area contributed by atoms with Gasteiger partial charge in [0.15, 0.2) is 0 Å². The number of phenols is 1. The molecule has 116 valence electrons. The molecule has 0 radical (unpaired) electrons. The van der Waals surface area contributed by atoms with E-state index in [9.17, 15) is 9.90 Å². The van der Waals surface area contributed by atoms with Crippen molar-refractivity contribution in [1.29, 1.82) is 0 Å². The normalized spacial score (nSPS) is 15.5. The molecule has 1 aromatic rings. The van der Waals surface area contributed by atoms with E-state index in [4.69, 9.17) is 21.1 Å². The number of hydrogen-bond donors (Lipinski definition) is 1. The standard InChI is InChI=1S/C15H20ClNO4/c1-15(2,3)21-14(19)17-7-10(8-17)9-20-13-5-4-11(18)6-12(13)16/h4-6,10,18H,7-9H2,1-3H3. The Labute approximate surface area is 129 Å². The summed E-state index contributed by atoms with van der Waals surface area (Å²) in [6.07, 6.45) is -0.290. The second-order valence-electron chi connectivity index (χ2n) is 6.18. The Morgan fingerprint density at radius 1 is 1.43 bits per heavy atom. The number of amides is 1. The van der Waals surface area contributed by atoms with Crippen molar-refractivity contribution in [3.8, 4) is 11.5 Å². The van der Waals surface area contributed by atoms with Gasteiger partial charge in [0.2, 0.25) is 0 Å². The Bertz CT molecular complexity index is 521. The molecule has 0 spiro atoms. The maximum atomic E-state index is 11.8. The van der Waals surface area contributed by atoms with Crippen molar-refractivity contribution in [2.75, 3.05) is 19.7 Å². The maximum Gasteiger partial charge on any atom is 0.410 e. The minimum absolute atomic E-state index is 0.104. The largest absolute Gasteiger partial charge is 0.508 e. The van der Waals surface area contributed by atoms with E-state index >= 15 is 0 Å². The van der Waals surface area contributed by atoms with Gasteiger partial charge in [-0.2, -0.15) is 0 Å². The van der Waals surface area contributed by atoms with Gasteiger partial charge in [0.1, 0.15) is 17.1 Å². The number of nitrogens with zero attached hydrogens (tertiary/aromatic N) is 1. The average molecular weight is 314 g/mol. The molecule has 1 saturated heterocycles. The van der Waals surface area contributed by atoms with Crippen LogP contribution in [0.2, 0.25) is 5.02 Å². The van der Waals surface area contributed by atoms with Crippen molar-refractivity contribution in [2.45, 2.75) is 26.4 Å². The number of carbonyl (C=O) groups is 1. The topological polar surface area (TPSA) is 59.0 Å². The number of aromatic hydroxyl groups is 1. The quantitative estimate of drug-likeness (QED) is 0.930. The molecule has 1 aliphatic rings. The molecule has 1 fully saturated rings. The smallest absolute Gasteiger partial charge is 0.410 e. The Morgan fingerprint density at radius 2 is 2.10 bits per heavy atom. The van der Waals surface area contributed by atoms with E-state index in [2.05, 4.69) is 0 Å². The Kier molecular flexibility index (Phi) is 4.52. The summed E-state index contributed by atoms with van der Waals surface area (Å²) in [5.41, 5.74) is -0.474. The first-order chi connectivity index (χ1) is 9.74. The fraction of sp³-hybridized carbons (Fsp3) is 0.533. The van der Waals surface area contributed by atoms with Crippen molar-refractivity contribution in [3.05, 3.63) is 23.2 Å². The first-order valence-corrected chi connectivity index (χ1v) is 7.21. The van der Waals surface area contributed by atoms with Crippen molar-refractivity contribution < 1.29 is 19.4 Å². The van der Waals surface area contributed by atoms with Gasteiger partial charge in [0.05, 0.1) is 11.6 Å². The van der Waals surface area contributed by atoms with Gasteiger partial charge in [-0.15, -0.1) is 0 Å². The van der Waals surface area contributed by atoms with E-state index in [1.807, 2.05) is 20.8 Å². The van der Waals surface area contributed by atoms with Crippen LogP contribution >= 0.6 is 11.6 Å². The molecule has 1 aromatic carbocycles. The second-order valence-corrected chi connectivity index (χ2v) is 6.58. The Hall–Kier alpha value is -1.62. The number of likely N-dealkylation sites (tertiary alicyclic amines) is 1. The van der Waals surface area contributed by atoms with Crippen molar-refractivity contribution in [1.82, 2.24) is 4.90 Å². The first kappa shape index (κ1) is 15.8. The molecular weight excluding hydrogens is 294 g/mol. The number of hydrogen-bond acceptors (Lipinski definition) is 4. The summed E-state index contributed by atoms with van der Waals surface area (Å²) in [5.74, 6) is 0.902. The number of halogens is 1. The average Bonchev–Trinajstić information content (AvgIpc) is 2.27. The number of phenolic OH excluding ortho intramolecular Hbond substituents is 1. The highest BCUT2D eigenvalue weighted by Gasteiger charge is 2.34. The van der Waals surface area contributed by atoms with Gasteiger partial charge in [-0.1, -0.05) is 11.6 Å². The molecule has 0 bridgehead atoms. The lowest BCUT2D eigenvalue weighted by Gasteiger charge is -2.39. The third-order valence-electron chi connectivity index (χ3n) is 3.00. The van der Waals surface area contributed by atoms with Gasteiger partial charge < -0.3 is 19.5 Å². The van der Waals surface area contributed by atoms with E-state index < -0.39 is 5.60 Å². The molecule has 2 rings (SSSR count). The molecule has 1 amide bonds. The van der Waals surface area contributed by atoms with Gasteiger partial charge >= 0.3 is 6.09 Å². The fourth-order valence-corrected chi connectivity index (χ4v) is 2.19. The summed E-state index contributed by atoms with van der Waals surface area (Å²) in [6, 6.07) is 4.58. The molecule has 0 aliphatic carbocycles. The molecular formula is C15H20ClNO4. The maximum absolute atomic E-state index is 11.8. The summed E-state index contributed by atoms with van der Waals surface area (Å²) < 4.78 is 10.9. The van der Waals surface area contributed by atoms with E-state index in [0.29, 0.717) is 30.5 Å². The molecule has 6 heteroatoms. The van der Waals surface area contributed by atoms with Gasteiger partial charge in [-0.25, -0.2) is 4.79 Å². The van der Waals surface area contributed by atoms with Crippen LogP contribution in [0.5, 0.6) is 11.5 Å². The first-order valence-electron chi connectivity index (χ1n) is 6.84. The lowest BCUT2D eigenvalue weighted by atomic mass is 10.0. The number of benzene rings is 1. The summed E-state index contributed by atoms with van der Waals surface area (Å²) in [7, 11) is 0. The predicted octanol–water partition coefficient (Wildman–Crippen LogP) is 3.29. The molecule has 0 atom stereocenters.